The van der Waals surface area contributed by atoms with Crippen molar-refractivity contribution in [3.05, 3.63) is 59.7 Å². The molecule has 3 amide bonds. The highest BCUT2D eigenvalue weighted by Crippen LogP contribution is 2.44. The number of carboxylic acid groups (broad SMARTS) is 1. The lowest BCUT2D eigenvalue weighted by Crippen LogP contribution is -2.53. The number of carboxylic acids is 1. The summed E-state index contributed by atoms with van der Waals surface area (Å²) in [6, 6.07) is 14.0. The average molecular weight is 480 g/mol. The summed E-state index contributed by atoms with van der Waals surface area (Å²) < 4.78 is 5.48. The maximum atomic E-state index is 12.7. The molecular formula is C26H29N3O6. The molecule has 184 valence electrons. The van der Waals surface area contributed by atoms with E-state index in [4.69, 9.17) is 9.84 Å². The van der Waals surface area contributed by atoms with Crippen molar-refractivity contribution < 1.29 is 29.0 Å². The lowest BCUT2D eigenvalue weighted by molar-refractivity contribution is -0.137. The highest BCUT2D eigenvalue weighted by Gasteiger charge is 2.31. The van der Waals surface area contributed by atoms with E-state index in [1.54, 1.807) is 0 Å². The van der Waals surface area contributed by atoms with Crippen LogP contribution >= 0.6 is 0 Å². The van der Waals surface area contributed by atoms with Crippen molar-refractivity contribution in [3.63, 3.8) is 0 Å². The number of alkyl carbamates (subject to hydrolysis) is 1. The molecule has 2 unspecified atom stereocenters. The van der Waals surface area contributed by atoms with Gasteiger partial charge in [-0.3, -0.25) is 14.4 Å². The monoisotopic (exact) mass is 479 g/mol. The molecule has 9 heteroatoms. The molecule has 4 N–H and O–H groups in total. The van der Waals surface area contributed by atoms with Gasteiger partial charge in [0.2, 0.25) is 11.8 Å². The summed E-state index contributed by atoms with van der Waals surface area (Å²) in [5.41, 5.74) is 4.29. The number of ether oxygens (including phenoxy) is 1. The van der Waals surface area contributed by atoms with Gasteiger partial charge in [-0.25, -0.2) is 4.79 Å². The molecule has 9 nitrogen and oxygen atoms in total. The van der Waals surface area contributed by atoms with Gasteiger partial charge in [-0.2, -0.15) is 0 Å². The summed E-state index contributed by atoms with van der Waals surface area (Å²) in [5, 5.41) is 16.9. The lowest BCUT2D eigenvalue weighted by Gasteiger charge is -2.21. The highest BCUT2D eigenvalue weighted by atomic mass is 16.5. The smallest absolute Gasteiger partial charge is 0.407 e. The van der Waals surface area contributed by atoms with Crippen molar-refractivity contribution in [1.82, 2.24) is 16.0 Å². The molecule has 0 bridgehead atoms. The van der Waals surface area contributed by atoms with Gasteiger partial charge < -0.3 is 25.8 Å². The van der Waals surface area contributed by atoms with E-state index in [0.717, 1.165) is 35.1 Å². The number of aliphatic carboxylic acids is 1. The molecule has 0 aromatic heterocycles. The van der Waals surface area contributed by atoms with Gasteiger partial charge in [0.1, 0.15) is 18.7 Å². The Morgan fingerprint density at radius 2 is 1.54 bits per heavy atom. The van der Waals surface area contributed by atoms with Crippen LogP contribution in [0.25, 0.3) is 11.1 Å². The molecule has 0 saturated heterocycles. The predicted octanol–water partition coefficient (Wildman–Crippen LogP) is 2.54. The maximum absolute atomic E-state index is 12.7. The van der Waals surface area contributed by atoms with Crippen LogP contribution in [0.15, 0.2) is 48.5 Å². The zero-order chi connectivity index (χ0) is 24.9. The zero-order valence-corrected chi connectivity index (χ0v) is 19.5. The molecule has 4 rings (SSSR count). The molecular weight excluding hydrogens is 450 g/mol. The fraction of sp³-hybridized carbons (Fsp3) is 0.385. The Morgan fingerprint density at radius 3 is 2.11 bits per heavy atom. The van der Waals surface area contributed by atoms with Crippen molar-refractivity contribution in [2.24, 2.45) is 0 Å². The van der Waals surface area contributed by atoms with Crippen molar-refractivity contribution in [2.45, 2.75) is 56.7 Å². The van der Waals surface area contributed by atoms with Crippen LogP contribution in [0.4, 0.5) is 4.79 Å². The second kappa shape index (κ2) is 10.6. The van der Waals surface area contributed by atoms with Gasteiger partial charge in [0, 0.05) is 18.4 Å². The van der Waals surface area contributed by atoms with E-state index in [-0.39, 0.29) is 37.3 Å². The second-order valence-electron chi connectivity index (χ2n) is 8.97. The van der Waals surface area contributed by atoms with Gasteiger partial charge in [0.15, 0.2) is 0 Å². The Labute approximate surface area is 203 Å². The van der Waals surface area contributed by atoms with E-state index in [2.05, 4.69) is 16.0 Å². The first-order valence-electron chi connectivity index (χ1n) is 11.8. The van der Waals surface area contributed by atoms with E-state index < -0.39 is 30.1 Å². The van der Waals surface area contributed by atoms with Crippen molar-refractivity contribution >= 4 is 23.9 Å². The molecule has 1 fully saturated rings. The number of benzene rings is 2. The molecule has 0 radical (unpaired) electrons. The normalized spacial score (nSPS) is 15.8. The standard InChI is InChI=1S/C26H29N3O6/c1-15(24(32)28-16-10-11-16)27-25(33)22(12-13-23(30)31)29-26(34)35-14-21-19-8-4-2-6-17(19)18-7-3-5-9-20(18)21/h2-9,15-16,21-22H,10-14H2,1H3,(H,27,33)(H,28,32)(H,29,34)(H,30,31). The number of carbonyl (C=O) groups is 4. The van der Waals surface area contributed by atoms with Crippen LogP contribution in [0, 0.1) is 0 Å². The Hall–Kier alpha value is -3.88. The van der Waals surface area contributed by atoms with Gasteiger partial charge in [0.25, 0.3) is 0 Å². The number of hydrogen-bond donors (Lipinski definition) is 4. The topological polar surface area (TPSA) is 134 Å². The van der Waals surface area contributed by atoms with E-state index in [0.29, 0.717) is 0 Å². The summed E-state index contributed by atoms with van der Waals surface area (Å²) in [4.78, 5) is 48.6. The van der Waals surface area contributed by atoms with E-state index in [1.807, 2.05) is 48.5 Å². The Kier molecular flexibility index (Phi) is 7.33. The van der Waals surface area contributed by atoms with E-state index >= 15 is 0 Å². The molecule has 2 aromatic rings. The lowest BCUT2D eigenvalue weighted by atomic mass is 9.98. The first-order valence-corrected chi connectivity index (χ1v) is 11.8. The molecule has 2 aliphatic carbocycles. The van der Waals surface area contributed by atoms with Gasteiger partial charge in [-0.05, 0) is 48.4 Å². The third-order valence-electron chi connectivity index (χ3n) is 6.27. The number of hydrogen-bond acceptors (Lipinski definition) is 5. The fourth-order valence-corrected chi connectivity index (χ4v) is 4.25. The quantitative estimate of drug-likeness (QED) is 0.414. The van der Waals surface area contributed by atoms with Gasteiger partial charge in [-0.1, -0.05) is 48.5 Å². The number of carbonyl (C=O) groups excluding carboxylic acids is 3. The fourth-order valence-electron chi connectivity index (χ4n) is 4.25. The highest BCUT2D eigenvalue weighted by molar-refractivity contribution is 5.91. The van der Waals surface area contributed by atoms with Crippen molar-refractivity contribution in [1.29, 1.82) is 0 Å². The van der Waals surface area contributed by atoms with Gasteiger partial charge >= 0.3 is 12.1 Å². The summed E-state index contributed by atoms with van der Waals surface area (Å²) in [7, 11) is 0. The third-order valence-corrected chi connectivity index (χ3v) is 6.27. The van der Waals surface area contributed by atoms with Crippen LogP contribution in [0.2, 0.25) is 0 Å². The van der Waals surface area contributed by atoms with Crippen LogP contribution in [0.1, 0.15) is 49.7 Å². The molecule has 2 aromatic carbocycles. The molecule has 1 saturated carbocycles. The van der Waals surface area contributed by atoms with Crippen molar-refractivity contribution in [3.8, 4) is 11.1 Å². The summed E-state index contributed by atoms with van der Waals surface area (Å²) in [6.07, 6.45) is 0.535. The maximum Gasteiger partial charge on any atom is 0.407 e. The third kappa shape index (κ3) is 5.98. The number of rotatable bonds is 10. The van der Waals surface area contributed by atoms with Crippen LogP contribution in [-0.2, 0) is 19.1 Å². The number of amides is 3. The van der Waals surface area contributed by atoms with Gasteiger partial charge in [0.05, 0.1) is 0 Å². The Bertz CT molecular complexity index is 1080. The predicted molar refractivity (Wildman–Crippen MR) is 128 cm³/mol. The molecule has 2 atom stereocenters. The van der Waals surface area contributed by atoms with Crippen LogP contribution < -0.4 is 16.0 Å². The van der Waals surface area contributed by atoms with Crippen LogP contribution in [-0.4, -0.2) is 53.7 Å². The first kappa shape index (κ1) is 24.3. The number of fused-ring (bicyclic) bond motifs is 3. The van der Waals surface area contributed by atoms with E-state index in [1.165, 1.54) is 6.92 Å². The van der Waals surface area contributed by atoms with Gasteiger partial charge in [-0.15, -0.1) is 0 Å². The van der Waals surface area contributed by atoms with Crippen LogP contribution in [0.3, 0.4) is 0 Å². The average Bonchev–Trinajstić information content (AvgIpc) is 3.60. The van der Waals surface area contributed by atoms with Crippen molar-refractivity contribution in [2.75, 3.05) is 6.61 Å². The molecule has 2 aliphatic rings. The summed E-state index contributed by atoms with van der Waals surface area (Å²) >= 11 is 0. The minimum absolute atomic E-state index is 0.0628. The largest absolute Gasteiger partial charge is 0.481 e. The number of nitrogens with one attached hydrogen (secondary N) is 3. The second-order valence-corrected chi connectivity index (χ2v) is 8.97. The summed E-state index contributed by atoms with van der Waals surface area (Å²) in [5.74, 6) is -2.21. The molecule has 0 aliphatic heterocycles. The van der Waals surface area contributed by atoms with E-state index in [9.17, 15) is 19.2 Å². The zero-order valence-electron chi connectivity index (χ0n) is 19.5. The Balaban J connectivity index is 1.37. The first-order chi connectivity index (χ1) is 16.8. The Morgan fingerprint density at radius 1 is 0.943 bits per heavy atom. The molecule has 35 heavy (non-hydrogen) atoms. The molecule has 0 spiro atoms. The van der Waals surface area contributed by atoms with Crippen LogP contribution in [0.5, 0.6) is 0 Å². The summed E-state index contributed by atoms with van der Waals surface area (Å²) in [6.45, 7) is 1.60. The SMILES string of the molecule is CC(NC(=O)C(CCC(=O)O)NC(=O)OCC1c2ccccc2-c2ccccc21)C(=O)NC1CC1. The minimum Gasteiger partial charge on any atom is -0.481 e. The minimum atomic E-state index is -1.15. The molecule has 0 heterocycles.